The lowest BCUT2D eigenvalue weighted by atomic mass is 10.1. The monoisotopic (exact) mass is 238 g/mol. The number of halogens is 1. The van der Waals surface area contributed by atoms with Crippen molar-refractivity contribution in [3.05, 3.63) is 29.7 Å². The fraction of sp³-hybridized carbons (Fsp3) is 0.182. The second kappa shape index (κ2) is 4.06. The zero-order valence-corrected chi connectivity index (χ0v) is 8.77. The van der Waals surface area contributed by atoms with Gasteiger partial charge in [-0.3, -0.25) is 4.79 Å². The van der Waals surface area contributed by atoms with Crippen LogP contribution in [-0.4, -0.2) is 27.2 Å². The molecule has 0 unspecified atom stereocenters. The average Bonchev–Trinajstić information content (AvgIpc) is 2.62. The van der Waals surface area contributed by atoms with Crippen LogP contribution < -0.4 is 5.73 Å². The molecule has 90 valence electrons. The lowest BCUT2D eigenvalue weighted by Gasteiger charge is -2.05. The summed E-state index contributed by atoms with van der Waals surface area (Å²) in [6.45, 7) is 0. The predicted octanol–water partition coefficient (Wildman–Crippen LogP) is 0.967. The van der Waals surface area contributed by atoms with Crippen LogP contribution >= 0.6 is 0 Å². The van der Waals surface area contributed by atoms with Crippen LogP contribution in [0.4, 0.5) is 4.39 Å². The Hall–Kier alpha value is -2.08. The second-order valence-electron chi connectivity index (χ2n) is 3.81. The normalized spacial score (nSPS) is 12.8. The first kappa shape index (κ1) is 11.4. The van der Waals surface area contributed by atoms with Crippen LogP contribution in [-0.2, 0) is 11.2 Å². The standard InChI is InChI=1S/C11H11FN2O3/c12-7-3-9-6(2-10(7)15)5(4-14-9)1-8(13)11(16)17/h2-4,8,14-15H,1,13H2,(H,16,17)/t8-/m0/s1. The number of aliphatic carboxylic acids is 1. The van der Waals surface area contributed by atoms with E-state index in [1.54, 1.807) is 6.20 Å². The van der Waals surface area contributed by atoms with Gasteiger partial charge in [0, 0.05) is 29.6 Å². The van der Waals surface area contributed by atoms with E-state index in [1.807, 2.05) is 0 Å². The molecule has 0 aliphatic carbocycles. The topological polar surface area (TPSA) is 99.3 Å². The van der Waals surface area contributed by atoms with Gasteiger partial charge in [-0.05, 0) is 11.6 Å². The number of carboxylic acid groups (broad SMARTS) is 1. The Kier molecular flexibility index (Phi) is 2.72. The number of aromatic nitrogens is 1. The molecule has 5 nitrogen and oxygen atoms in total. The molecule has 0 bridgehead atoms. The van der Waals surface area contributed by atoms with Gasteiger partial charge in [-0.25, -0.2) is 4.39 Å². The quantitative estimate of drug-likeness (QED) is 0.640. The van der Waals surface area contributed by atoms with Crippen LogP contribution in [0.5, 0.6) is 5.75 Å². The molecule has 0 saturated heterocycles. The summed E-state index contributed by atoms with van der Waals surface area (Å²) in [6, 6.07) is 1.38. The zero-order valence-electron chi connectivity index (χ0n) is 8.77. The van der Waals surface area contributed by atoms with Crippen molar-refractivity contribution in [1.82, 2.24) is 4.98 Å². The number of benzene rings is 1. The minimum atomic E-state index is -1.11. The van der Waals surface area contributed by atoms with E-state index in [0.717, 1.165) is 6.07 Å². The molecule has 0 aliphatic rings. The lowest BCUT2D eigenvalue weighted by Crippen LogP contribution is -2.32. The van der Waals surface area contributed by atoms with Crippen molar-refractivity contribution in [3.8, 4) is 5.75 Å². The number of phenols is 1. The van der Waals surface area contributed by atoms with E-state index in [4.69, 9.17) is 10.8 Å². The van der Waals surface area contributed by atoms with Gasteiger partial charge < -0.3 is 20.9 Å². The van der Waals surface area contributed by atoms with E-state index < -0.39 is 23.6 Å². The molecule has 2 aromatic rings. The molecule has 1 aromatic heterocycles. The Bertz CT molecular complexity index is 579. The Morgan fingerprint density at radius 2 is 2.24 bits per heavy atom. The molecular formula is C11H11FN2O3. The fourth-order valence-electron chi connectivity index (χ4n) is 1.68. The van der Waals surface area contributed by atoms with Gasteiger partial charge >= 0.3 is 5.97 Å². The molecule has 1 atom stereocenters. The first-order chi connectivity index (χ1) is 7.99. The van der Waals surface area contributed by atoms with Gasteiger partial charge in [0.1, 0.15) is 6.04 Å². The summed E-state index contributed by atoms with van der Waals surface area (Å²) in [6.07, 6.45) is 1.67. The van der Waals surface area contributed by atoms with Crippen molar-refractivity contribution >= 4 is 16.9 Å². The molecule has 0 saturated carbocycles. The SMILES string of the molecule is N[C@@H](Cc1c[nH]c2cc(F)c(O)cc12)C(=O)O. The van der Waals surface area contributed by atoms with Crippen molar-refractivity contribution in [2.45, 2.75) is 12.5 Å². The van der Waals surface area contributed by atoms with E-state index in [0.29, 0.717) is 16.5 Å². The third kappa shape index (κ3) is 2.07. The molecule has 0 spiro atoms. The van der Waals surface area contributed by atoms with Crippen LogP contribution in [0.1, 0.15) is 5.56 Å². The summed E-state index contributed by atoms with van der Waals surface area (Å²) in [5.41, 5.74) is 6.54. The van der Waals surface area contributed by atoms with Gasteiger partial charge in [-0.2, -0.15) is 0 Å². The van der Waals surface area contributed by atoms with E-state index in [2.05, 4.69) is 4.98 Å². The highest BCUT2D eigenvalue weighted by Crippen LogP contribution is 2.26. The molecule has 0 radical (unpaired) electrons. The number of carbonyl (C=O) groups is 1. The number of carboxylic acids is 1. The van der Waals surface area contributed by atoms with Gasteiger partial charge in [-0.1, -0.05) is 0 Å². The third-order valence-corrected chi connectivity index (χ3v) is 2.59. The van der Waals surface area contributed by atoms with Crippen LogP contribution in [0, 0.1) is 5.82 Å². The maximum Gasteiger partial charge on any atom is 0.320 e. The highest BCUT2D eigenvalue weighted by Gasteiger charge is 2.16. The second-order valence-corrected chi connectivity index (χ2v) is 3.81. The summed E-state index contributed by atoms with van der Waals surface area (Å²) in [5.74, 6) is -2.30. The number of hydrogen-bond acceptors (Lipinski definition) is 3. The van der Waals surface area contributed by atoms with Crippen molar-refractivity contribution in [1.29, 1.82) is 0 Å². The van der Waals surface area contributed by atoms with Gasteiger partial charge in [0.2, 0.25) is 0 Å². The van der Waals surface area contributed by atoms with Crippen molar-refractivity contribution in [2.24, 2.45) is 5.73 Å². The third-order valence-electron chi connectivity index (χ3n) is 2.59. The number of fused-ring (bicyclic) bond motifs is 1. The van der Waals surface area contributed by atoms with Gasteiger partial charge in [0.25, 0.3) is 0 Å². The Labute approximate surface area is 95.7 Å². The van der Waals surface area contributed by atoms with Gasteiger partial charge in [0.15, 0.2) is 11.6 Å². The molecule has 0 fully saturated rings. The maximum atomic E-state index is 13.1. The number of aromatic amines is 1. The molecular weight excluding hydrogens is 227 g/mol. The minimum absolute atomic E-state index is 0.112. The Morgan fingerprint density at radius 1 is 1.53 bits per heavy atom. The smallest absolute Gasteiger partial charge is 0.320 e. The minimum Gasteiger partial charge on any atom is -0.505 e. The number of nitrogens with one attached hydrogen (secondary N) is 1. The fourth-order valence-corrected chi connectivity index (χ4v) is 1.68. The van der Waals surface area contributed by atoms with Crippen LogP contribution in [0.25, 0.3) is 10.9 Å². The summed E-state index contributed by atoms with van der Waals surface area (Å²) >= 11 is 0. The van der Waals surface area contributed by atoms with Gasteiger partial charge in [-0.15, -0.1) is 0 Å². The van der Waals surface area contributed by atoms with Crippen LogP contribution in [0.15, 0.2) is 18.3 Å². The zero-order chi connectivity index (χ0) is 12.6. The van der Waals surface area contributed by atoms with E-state index in [1.165, 1.54) is 6.07 Å². The number of hydrogen-bond donors (Lipinski definition) is 4. The molecule has 5 N–H and O–H groups in total. The molecule has 0 aliphatic heterocycles. The highest BCUT2D eigenvalue weighted by molar-refractivity contribution is 5.85. The van der Waals surface area contributed by atoms with Crippen molar-refractivity contribution in [2.75, 3.05) is 0 Å². The van der Waals surface area contributed by atoms with Crippen molar-refractivity contribution in [3.63, 3.8) is 0 Å². The average molecular weight is 238 g/mol. The van der Waals surface area contributed by atoms with Crippen LogP contribution in [0.3, 0.4) is 0 Å². The first-order valence-electron chi connectivity index (χ1n) is 4.96. The number of nitrogens with two attached hydrogens (primary N) is 1. The van der Waals surface area contributed by atoms with E-state index in [9.17, 15) is 14.3 Å². The summed E-state index contributed by atoms with van der Waals surface area (Å²) < 4.78 is 13.1. The summed E-state index contributed by atoms with van der Waals surface area (Å²) in [5, 5.41) is 18.5. The molecule has 17 heavy (non-hydrogen) atoms. The molecule has 1 aromatic carbocycles. The van der Waals surface area contributed by atoms with Crippen LogP contribution in [0.2, 0.25) is 0 Å². The summed E-state index contributed by atoms with van der Waals surface area (Å²) in [4.78, 5) is 13.4. The highest BCUT2D eigenvalue weighted by atomic mass is 19.1. The van der Waals surface area contributed by atoms with E-state index >= 15 is 0 Å². The largest absolute Gasteiger partial charge is 0.505 e. The Morgan fingerprint density at radius 3 is 2.88 bits per heavy atom. The molecule has 1 heterocycles. The number of phenolic OH excluding ortho intramolecular Hbond substituents is 1. The van der Waals surface area contributed by atoms with Crippen molar-refractivity contribution < 1.29 is 19.4 Å². The maximum absolute atomic E-state index is 13.1. The first-order valence-corrected chi connectivity index (χ1v) is 4.96. The van der Waals surface area contributed by atoms with Gasteiger partial charge in [0.05, 0.1) is 0 Å². The molecule has 0 amide bonds. The predicted molar refractivity (Wildman–Crippen MR) is 59.2 cm³/mol. The number of rotatable bonds is 3. The number of H-pyrrole nitrogens is 1. The molecule has 2 rings (SSSR count). The lowest BCUT2D eigenvalue weighted by molar-refractivity contribution is -0.138. The van der Waals surface area contributed by atoms with E-state index in [-0.39, 0.29) is 6.42 Å². The number of aromatic hydroxyl groups is 1. The molecule has 6 heteroatoms. The Balaban J connectivity index is 2.42. The summed E-state index contributed by atoms with van der Waals surface area (Å²) in [7, 11) is 0.